The SMILES string of the molecule is CCCCCCCCCCOC(=O)C1=C(C)NC(C)=C(C(=O)OCCO[N+](=O)[O-])C1c1cccc([N+](=O)[O-])c1. The quantitative estimate of drug-likeness (QED) is 0.118. The lowest BCUT2D eigenvalue weighted by atomic mass is 9.80. The van der Waals surface area contributed by atoms with Gasteiger partial charge in [-0.1, -0.05) is 64.0 Å². The van der Waals surface area contributed by atoms with Crippen LogP contribution < -0.4 is 5.32 Å². The number of nitro benzene ring substituents is 1. The van der Waals surface area contributed by atoms with Crippen LogP contribution in [0.2, 0.25) is 0 Å². The Morgan fingerprint density at radius 3 is 1.97 bits per heavy atom. The molecule has 1 aromatic carbocycles. The van der Waals surface area contributed by atoms with Crippen LogP contribution in [0.25, 0.3) is 0 Å². The molecular formula is C27H37N3O9. The highest BCUT2D eigenvalue weighted by Crippen LogP contribution is 2.40. The van der Waals surface area contributed by atoms with Crippen LogP contribution in [0.4, 0.5) is 5.69 Å². The third-order valence-corrected chi connectivity index (χ3v) is 6.36. The predicted octanol–water partition coefficient (Wildman–Crippen LogP) is 5.27. The minimum Gasteiger partial charge on any atom is -0.462 e. The molecule has 0 spiro atoms. The molecule has 12 heteroatoms. The van der Waals surface area contributed by atoms with Crippen molar-refractivity contribution in [1.82, 2.24) is 5.32 Å². The summed E-state index contributed by atoms with van der Waals surface area (Å²) in [6, 6.07) is 5.66. The second-order valence-corrected chi connectivity index (χ2v) is 9.29. The molecular weight excluding hydrogens is 510 g/mol. The maximum atomic E-state index is 13.3. The van der Waals surface area contributed by atoms with Crippen LogP contribution >= 0.6 is 0 Å². The molecule has 0 aliphatic carbocycles. The summed E-state index contributed by atoms with van der Waals surface area (Å²) in [7, 11) is 0. The molecule has 1 N–H and O–H groups in total. The first-order chi connectivity index (χ1) is 18.7. The fraction of sp³-hybridized carbons (Fsp3) is 0.556. The summed E-state index contributed by atoms with van der Waals surface area (Å²) in [5, 5.41) is 23.8. The minimum absolute atomic E-state index is 0.0428. The van der Waals surface area contributed by atoms with Gasteiger partial charge in [0, 0.05) is 23.5 Å². The number of esters is 2. The fourth-order valence-electron chi connectivity index (χ4n) is 4.49. The zero-order chi connectivity index (χ0) is 28.8. The second-order valence-electron chi connectivity index (χ2n) is 9.29. The van der Waals surface area contributed by atoms with E-state index in [4.69, 9.17) is 9.47 Å². The normalized spacial score (nSPS) is 15.0. The van der Waals surface area contributed by atoms with E-state index in [-0.39, 0.29) is 23.4 Å². The first-order valence-electron chi connectivity index (χ1n) is 13.2. The van der Waals surface area contributed by atoms with Crippen molar-refractivity contribution < 1.29 is 33.9 Å². The Morgan fingerprint density at radius 1 is 0.846 bits per heavy atom. The molecule has 0 amide bonds. The second kappa shape index (κ2) is 16.1. The summed E-state index contributed by atoms with van der Waals surface area (Å²) in [5.41, 5.74) is 1.12. The number of benzene rings is 1. The van der Waals surface area contributed by atoms with Crippen molar-refractivity contribution in [3.8, 4) is 0 Å². The maximum Gasteiger partial charge on any atom is 0.336 e. The van der Waals surface area contributed by atoms with Crippen molar-refractivity contribution in [2.75, 3.05) is 19.8 Å². The number of carbonyl (C=O) groups excluding carboxylic acids is 2. The zero-order valence-corrected chi connectivity index (χ0v) is 22.7. The molecule has 0 radical (unpaired) electrons. The van der Waals surface area contributed by atoms with Crippen LogP contribution in [0.1, 0.15) is 83.6 Å². The van der Waals surface area contributed by atoms with Gasteiger partial charge in [0.15, 0.2) is 0 Å². The molecule has 0 aromatic heterocycles. The number of carbonyl (C=O) groups is 2. The molecule has 0 saturated carbocycles. The lowest BCUT2D eigenvalue weighted by Gasteiger charge is -2.30. The van der Waals surface area contributed by atoms with Gasteiger partial charge in [-0.3, -0.25) is 10.1 Å². The van der Waals surface area contributed by atoms with Gasteiger partial charge in [0.1, 0.15) is 13.2 Å². The largest absolute Gasteiger partial charge is 0.462 e. The van der Waals surface area contributed by atoms with Crippen LogP contribution in [0.5, 0.6) is 0 Å². The van der Waals surface area contributed by atoms with Crippen LogP contribution in [-0.4, -0.2) is 41.8 Å². The molecule has 12 nitrogen and oxygen atoms in total. The van der Waals surface area contributed by atoms with Gasteiger partial charge >= 0.3 is 11.9 Å². The summed E-state index contributed by atoms with van der Waals surface area (Å²) < 4.78 is 10.8. The molecule has 2 rings (SSSR count). The summed E-state index contributed by atoms with van der Waals surface area (Å²) in [4.78, 5) is 51.9. The zero-order valence-electron chi connectivity index (χ0n) is 22.7. The molecule has 1 heterocycles. The Labute approximate surface area is 227 Å². The number of non-ortho nitro benzene ring substituents is 1. The first-order valence-corrected chi connectivity index (χ1v) is 13.2. The van der Waals surface area contributed by atoms with E-state index >= 15 is 0 Å². The number of nitrogens with zero attached hydrogens (tertiary/aromatic N) is 2. The third-order valence-electron chi connectivity index (χ3n) is 6.36. The number of unbranched alkanes of at least 4 members (excludes halogenated alkanes) is 7. The van der Waals surface area contributed by atoms with Gasteiger partial charge in [0.25, 0.3) is 10.8 Å². The topological polar surface area (TPSA) is 160 Å². The molecule has 0 fully saturated rings. The number of nitrogens with one attached hydrogen (secondary N) is 1. The van der Waals surface area contributed by atoms with Crippen molar-refractivity contribution in [2.24, 2.45) is 0 Å². The highest BCUT2D eigenvalue weighted by atomic mass is 17.0. The molecule has 1 aliphatic rings. The lowest BCUT2D eigenvalue weighted by molar-refractivity contribution is -0.757. The molecule has 214 valence electrons. The van der Waals surface area contributed by atoms with Crippen molar-refractivity contribution in [3.63, 3.8) is 0 Å². The Balaban J connectivity index is 2.21. The fourth-order valence-corrected chi connectivity index (χ4v) is 4.49. The average Bonchev–Trinajstić information content (AvgIpc) is 2.89. The maximum absolute atomic E-state index is 13.3. The molecule has 1 atom stereocenters. The number of dihydropyridines is 1. The first kappa shape index (κ1) is 31.3. The van der Waals surface area contributed by atoms with Crippen molar-refractivity contribution in [3.05, 3.63) is 72.6 Å². The highest BCUT2D eigenvalue weighted by Gasteiger charge is 2.38. The number of hydrogen-bond acceptors (Lipinski definition) is 10. The monoisotopic (exact) mass is 547 g/mol. The van der Waals surface area contributed by atoms with E-state index in [0.29, 0.717) is 23.4 Å². The van der Waals surface area contributed by atoms with E-state index in [2.05, 4.69) is 17.1 Å². The van der Waals surface area contributed by atoms with E-state index in [1.54, 1.807) is 19.9 Å². The summed E-state index contributed by atoms with van der Waals surface area (Å²) in [5.74, 6) is -2.50. The average molecular weight is 548 g/mol. The summed E-state index contributed by atoms with van der Waals surface area (Å²) in [6.07, 6.45) is 8.67. The highest BCUT2D eigenvalue weighted by molar-refractivity contribution is 6.00. The Hall–Kier alpha value is -3.96. The molecule has 0 bridgehead atoms. The van der Waals surface area contributed by atoms with E-state index in [1.165, 1.54) is 43.9 Å². The van der Waals surface area contributed by atoms with Crippen molar-refractivity contribution in [2.45, 2.75) is 78.1 Å². The predicted molar refractivity (Wildman–Crippen MR) is 142 cm³/mol. The Kier molecular flexibility index (Phi) is 12.9. The Morgan fingerprint density at radius 2 is 1.41 bits per heavy atom. The summed E-state index contributed by atoms with van der Waals surface area (Å²) >= 11 is 0. The van der Waals surface area contributed by atoms with Crippen LogP contribution in [0.3, 0.4) is 0 Å². The number of allylic oxidation sites excluding steroid dienone is 2. The van der Waals surface area contributed by atoms with Gasteiger partial charge in [-0.05, 0) is 25.8 Å². The smallest absolute Gasteiger partial charge is 0.336 e. The van der Waals surface area contributed by atoms with E-state index in [9.17, 15) is 29.8 Å². The van der Waals surface area contributed by atoms with Gasteiger partial charge in [-0.15, -0.1) is 10.1 Å². The van der Waals surface area contributed by atoms with Crippen molar-refractivity contribution in [1.29, 1.82) is 0 Å². The Bertz CT molecular complexity index is 1100. The molecule has 1 aliphatic heterocycles. The number of rotatable bonds is 17. The van der Waals surface area contributed by atoms with E-state index in [0.717, 1.165) is 19.3 Å². The van der Waals surface area contributed by atoms with E-state index < -0.39 is 41.1 Å². The van der Waals surface area contributed by atoms with Gasteiger partial charge in [0.2, 0.25) is 0 Å². The van der Waals surface area contributed by atoms with Gasteiger partial charge < -0.3 is 19.6 Å². The van der Waals surface area contributed by atoms with Crippen LogP contribution in [0, 0.1) is 20.2 Å². The standard InChI is InChI=1S/C27H37N3O9/c1-4-5-6-7-8-9-10-11-15-37-26(31)23-19(2)28-20(3)24(27(32)38-16-17-39-30(35)36)25(23)21-13-12-14-22(18-21)29(33)34/h12-14,18,25,28H,4-11,15-17H2,1-3H3. The van der Waals surface area contributed by atoms with Gasteiger partial charge in [0.05, 0.1) is 28.6 Å². The van der Waals surface area contributed by atoms with Gasteiger partial charge in [-0.2, -0.15) is 0 Å². The molecule has 1 aromatic rings. The van der Waals surface area contributed by atoms with Crippen molar-refractivity contribution >= 4 is 17.6 Å². The summed E-state index contributed by atoms with van der Waals surface area (Å²) in [6.45, 7) is 4.78. The van der Waals surface area contributed by atoms with Crippen LogP contribution in [0.15, 0.2) is 46.8 Å². The van der Waals surface area contributed by atoms with Crippen LogP contribution in [-0.2, 0) is 23.9 Å². The lowest BCUT2D eigenvalue weighted by Crippen LogP contribution is -2.33. The number of hydrogen-bond donors (Lipinski definition) is 1. The molecule has 1 unspecified atom stereocenters. The molecule has 0 saturated heterocycles. The van der Waals surface area contributed by atoms with E-state index in [1.807, 2.05) is 0 Å². The molecule has 39 heavy (non-hydrogen) atoms. The minimum atomic E-state index is -1.01. The number of ether oxygens (including phenoxy) is 2. The number of nitro groups is 1. The van der Waals surface area contributed by atoms with Gasteiger partial charge in [-0.25, -0.2) is 9.59 Å². The third kappa shape index (κ3) is 9.69.